The van der Waals surface area contributed by atoms with Gasteiger partial charge in [0.2, 0.25) is 5.91 Å². The molecule has 0 aliphatic carbocycles. The number of aryl methyl sites for hydroxylation is 2. The Morgan fingerprint density at radius 1 is 1.50 bits per heavy atom. The molecule has 0 bridgehead atoms. The molecule has 1 unspecified atom stereocenters. The number of amides is 2. The molecular formula is C13H16N4O2S. The molecule has 20 heavy (non-hydrogen) atoms. The highest BCUT2D eigenvalue weighted by molar-refractivity contribution is 7.80. The fourth-order valence-electron chi connectivity index (χ4n) is 2.29. The Morgan fingerprint density at radius 2 is 2.15 bits per heavy atom. The highest BCUT2D eigenvalue weighted by atomic mass is 32.1. The molecule has 2 heterocycles. The van der Waals surface area contributed by atoms with Crippen LogP contribution in [0.1, 0.15) is 23.2 Å². The lowest BCUT2D eigenvalue weighted by Gasteiger charge is -2.16. The lowest BCUT2D eigenvalue weighted by atomic mass is 10.1. The zero-order valence-electron chi connectivity index (χ0n) is 11.6. The van der Waals surface area contributed by atoms with Gasteiger partial charge >= 0.3 is 0 Å². The minimum absolute atomic E-state index is 0.112. The molecular weight excluding hydrogens is 276 g/mol. The van der Waals surface area contributed by atoms with Crippen LogP contribution in [0.4, 0.5) is 5.82 Å². The molecule has 0 radical (unpaired) electrons. The molecule has 1 fully saturated rings. The van der Waals surface area contributed by atoms with Crippen molar-refractivity contribution in [1.82, 2.24) is 9.88 Å². The molecule has 6 nitrogen and oxygen atoms in total. The van der Waals surface area contributed by atoms with Gasteiger partial charge in [-0.1, -0.05) is 12.2 Å². The number of carbonyl (C=O) groups is 2. The van der Waals surface area contributed by atoms with Gasteiger partial charge in [0.25, 0.3) is 5.91 Å². The summed E-state index contributed by atoms with van der Waals surface area (Å²) in [6.45, 7) is 3.72. The maximum Gasteiger partial charge on any atom is 0.251 e. The summed E-state index contributed by atoms with van der Waals surface area (Å²) >= 11 is 5.03. The van der Waals surface area contributed by atoms with Crippen molar-refractivity contribution in [1.29, 1.82) is 0 Å². The van der Waals surface area contributed by atoms with Crippen LogP contribution in [0.2, 0.25) is 0 Å². The predicted molar refractivity (Wildman–Crippen MR) is 79.4 cm³/mol. The molecule has 1 atom stereocenters. The van der Waals surface area contributed by atoms with Gasteiger partial charge in [-0.15, -0.1) is 0 Å². The molecule has 1 saturated heterocycles. The Balaban J connectivity index is 2.37. The third-order valence-electron chi connectivity index (χ3n) is 3.28. The van der Waals surface area contributed by atoms with E-state index in [2.05, 4.69) is 10.3 Å². The van der Waals surface area contributed by atoms with Crippen molar-refractivity contribution in [3.05, 3.63) is 22.9 Å². The van der Waals surface area contributed by atoms with Crippen LogP contribution in [-0.2, 0) is 9.59 Å². The summed E-state index contributed by atoms with van der Waals surface area (Å²) in [6.07, 6.45) is 0.112. The van der Waals surface area contributed by atoms with Gasteiger partial charge in [-0.2, -0.15) is 0 Å². The van der Waals surface area contributed by atoms with Crippen molar-refractivity contribution in [2.45, 2.75) is 26.3 Å². The second kappa shape index (κ2) is 5.16. The number of pyridine rings is 1. The molecule has 7 heteroatoms. The lowest BCUT2D eigenvalue weighted by molar-refractivity contribution is -0.136. The summed E-state index contributed by atoms with van der Waals surface area (Å²) in [5.41, 5.74) is 8.00. The molecule has 3 N–H and O–H groups in total. The highest BCUT2D eigenvalue weighted by Gasteiger charge is 2.36. The van der Waals surface area contributed by atoms with E-state index in [1.54, 1.807) is 0 Å². The van der Waals surface area contributed by atoms with Crippen molar-refractivity contribution in [2.75, 3.05) is 12.4 Å². The number of hydrogen-bond donors (Lipinski definition) is 2. The predicted octanol–water partition coefficient (Wildman–Crippen LogP) is 0.502. The molecule has 1 aliphatic heterocycles. The van der Waals surface area contributed by atoms with Crippen molar-refractivity contribution in [3.8, 4) is 0 Å². The molecule has 1 aromatic heterocycles. The Kier molecular flexibility index (Phi) is 3.71. The van der Waals surface area contributed by atoms with Crippen LogP contribution >= 0.6 is 12.2 Å². The number of hydrogen-bond acceptors (Lipinski definition) is 5. The number of nitrogens with one attached hydrogen (secondary N) is 1. The van der Waals surface area contributed by atoms with E-state index in [1.807, 2.05) is 19.9 Å². The maximum absolute atomic E-state index is 11.9. The van der Waals surface area contributed by atoms with E-state index in [1.165, 1.54) is 7.05 Å². The summed E-state index contributed by atoms with van der Waals surface area (Å²) < 4.78 is 0. The van der Waals surface area contributed by atoms with Crippen LogP contribution in [-0.4, -0.2) is 39.8 Å². The summed E-state index contributed by atoms with van der Waals surface area (Å²) in [5, 5.41) is 2.99. The molecule has 1 aliphatic rings. The Bertz CT molecular complexity index is 615. The summed E-state index contributed by atoms with van der Waals surface area (Å²) in [7, 11) is 1.47. The maximum atomic E-state index is 11.9. The molecule has 0 saturated carbocycles. The number of anilines is 1. The second-order valence-electron chi connectivity index (χ2n) is 4.86. The Labute approximate surface area is 122 Å². The lowest BCUT2D eigenvalue weighted by Crippen LogP contribution is -2.33. The fraction of sp³-hybridized carbons (Fsp3) is 0.385. The average Bonchev–Trinajstić information content (AvgIpc) is 2.55. The van der Waals surface area contributed by atoms with E-state index < -0.39 is 6.04 Å². The third kappa shape index (κ3) is 2.49. The monoisotopic (exact) mass is 292 g/mol. The first-order valence-corrected chi connectivity index (χ1v) is 6.57. The number of nitrogens with two attached hydrogens (primary N) is 1. The minimum Gasteiger partial charge on any atom is -0.389 e. The van der Waals surface area contributed by atoms with Crippen LogP contribution in [0.25, 0.3) is 0 Å². The van der Waals surface area contributed by atoms with Gasteiger partial charge in [0.1, 0.15) is 16.8 Å². The number of imide groups is 1. The molecule has 106 valence electrons. The number of thiocarbonyl (C=S) groups is 1. The second-order valence-corrected chi connectivity index (χ2v) is 5.30. The van der Waals surface area contributed by atoms with Gasteiger partial charge < -0.3 is 11.1 Å². The standard InChI is InChI=1S/C13H16N4O2S/c1-6-4-7(2)15-12(10(6)11(14)20)16-8-5-9(18)17(3)13(8)19/h4,8H,5H2,1-3H3,(H2,14,20)(H,15,16). The zero-order chi connectivity index (χ0) is 15.0. The number of nitrogens with zero attached hydrogens (tertiary/aromatic N) is 2. The number of carbonyl (C=O) groups excluding carboxylic acids is 2. The van der Waals surface area contributed by atoms with Crippen molar-refractivity contribution < 1.29 is 9.59 Å². The molecule has 2 amide bonds. The minimum atomic E-state index is -0.616. The summed E-state index contributed by atoms with van der Waals surface area (Å²) in [5.74, 6) is -0.0324. The quantitative estimate of drug-likeness (QED) is 0.623. The first-order chi connectivity index (χ1) is 9.31. The van der Waals surface area contributed by atoms with Crippen molar-refractivity contribution >= 4 is 34.8 Å². The van der Waals surface area contributed by atoms with Gasteiger partial charge in [-0.05, 0) is 25.5 Å². The first-order valence-electron chi connectivity index (χ1n) is 6.16. The third-order valence-corrected chi connectivity index (χ3v) is 3.49. The first kappa shape index (κ1) is 14.4. The molecule has 0 aromatic carbocycles. The topological polar surface area (TPSA) is 88.3 Å². The van der Waals surface area contributed by atoms with E-state index in [0.717, 1.165) is 16.2 Å². The van der Waals surface area contributed by atoms with Gasteiger partial charge in [0, 0.05) is 12.7 Å². The number of rotatable bonds is 3. The van der Waals surface area contributed by atoms with E-state index in [9.17, 15) is 9.59 Å². The Hall–Kier alpha value is -2.02. The van der Waals surface area contributed by atoms with Crippen LogP contribution in [0, 0.1) is 13.8 Å². The van der Waals surface area contributed by atoms with E-state index in [-0.39, 0.29) is 23.2 Å². The number of aromatic nitrogens is 1. The van der Waals surface area contributed by atoms with Crippen LogP contribution in [0.5, 0.6) is 0 Å². The zero-order valence-corrected chi connectivity index (χ0v) is 12.4. The van der Waals surface area contributed by atoms with Gasteiger partial charge in [0.05, 0.1) is 12.0 Å². The van der Waals surface area contributed by atoms with Crippen LogP contribution in [0.15, 0.2) is 6.07 Å². The van der Waals surface area contributed by atoms with E-state index in [0.29, 0.717) is 11.4 Å². The number of likely N-dealkylation sites (tertiary alicyclic amines) is 1. The van der Waals surface area contributed by atoms with Gasteiger partial charge in [-0.25, -0.2) is 4.98 Å². The highest BCUT2D eigenvalue weighted by Crippen LogP contribution is 2.22. The van der Waals surface area contributed by atoms with Gasteiger partial charge in [0.15, 0.2) is 0 Å². The summed E-state index contributed by atoms with van der Waals surface area (Å²) in [4.78, 5) is 29.1. The molecule has 0 spiro atoms. The number of likely N-dealkylation sites (N-methyl/N-ethyl adjacent to an activating group) is 1. The molecule has 1 aromatic rings. The molecule has 2 rings (SSSR count). The fourth-order valence-corrected chi connectivity index (χ4v) is 2.54. The normalized spacial score (nSPS) is 18.6. The summed E-state index contributed by atoms with van der Waals surface area (Å²) in [6, 6.07) is 1.25. The average molecular weight is 292 g/mol. The van der Waals surface area contributed by atoms with Crippen molar-refractivity contribution in [3.63, 3.8) is 0 Å². The largest absolute Gasteiger partial charge is 0.389 e. The van der Waals surface area contributed by atoms with Gasteiger partial charge in [-0.3, -0.25) is 14.5 Å². The van der Waals surface area contributed by atoms with E-state index >= 15 is 0 Å². The van der Waals surface area contributed by atoms with Crippen LogP contribution in [0.3, 0.4) is 0 Å². The Morgan fingerprint density at radius 3 is 2.65 bits per heavy atom. The SMILES string of the molecule is Cc1cc(C)c(C(N)=S)c(NC2CC(=O)N(C)C2=O)n1. The van der Waals surface area contributed by atoms with Crippen molar-refractivity contribution in [2.24, 2.45) is 5.73 Å². The smallest absolute Gasteiger partial charge is 0.251 e. The van der Waals surface area contributed by atoms with E-state index in [4.69, 9.17) is 18.0 Å². The van der Waals surface area contributed by atoms with Crippen LogP contribution < -0.4 is 11.1 Å².